The van der Waals surface area contributed by atoms with Crippen molar-refractivity contribution in [2.24, 2.45) is 0 Å². The molecule has 2 rings (SSSR count). The van der Waals surface area contributed by atoms with Crippen molar-refractivity contribution in [1.82, 2.24) is 4.90 Å². The Morgan fingerprint density at radius 1 is 1.53 bits per heavy atom. The van der Waals surface area contributed by atoms with Crippen LogP contribution in [-0.2, 0) is 6.54 Å². The van der Waals surface area contributed by atoms with Gasteiger partial charge in [-0.05, 0) is 30.2 Å². The third kappa shape index (κ3) is 2.92. The Kier molecular flexibility index (Phi) is 3.65. The molecule has 0 radical (unpaired) electrons. The molecule has 0 amide bonds. The summed E-state index contributed by atoms with van der Waals surface area (Å²) < 4.78 is 14.0. The molecular formula is C11H12BrClFN. The smallest absolute Gasteiger partial charge is 0.114 e. The van der Waals surface area contributed by atoms with E-state index in [4.69, 9.17) is 11.6 Å². The molecule has 1 aromatic carbocycles. The zero-order valence-electron chi connectivity index (χ0n) is 8.22. The molecule has 1 aromatic rings. The molecule has 82 valence electrons. The van der Waals surface area contributed by atoms with Crippen molar-refractivity contribution < 1.29 is 4.39 Å². The van der Waals surface area contributed by atoms with Crippen LogP contribution in [0.15, 0.2) is 22.7 Å². The zero-order valence-corrected chi connectivity index (χ0v) is 10.6. The summed E-state index contributed by atoms with van der Waals surface area (Å²) in [5.74, 6) is 0. The fraction of sp³-hybridized carbons (Fsp3) is 0.455. The van der Waals surface area contributed by atoms with Crippen molar-refractivity contribution in [2.45, 2.75) is 19.1 Å². The molecule has 0 N–H and O–H groups in total. The summed E-state index contributed by atoms with van der Waals surface area (Å²) in [5.41, 5.74) is 1.06. The van der Waals surface area contributed by atoms with Gasteiger partial charge in [0, 0.05) is 29.1 Å². The van der Waals surface area contributed by atoms with E-state index in [1.54, 1.807) is 0 Å². The minimum atomic E-state index is -0.670. The minimum Gasteiger partial charge on any atom is -0.296 e. The van der Waals surface area contributed by atoms with Crippen LogP contribution in [0.5, 0.6) is 0 Å². The van der Waals surface area contributed by atoms with Gasteiger partial charge in [0.05, 0.1) is 0 Å². The molecule has 1 fully saturated rings. The fourth-order valence-corrected chi connectivity index (χ4v) is 2.42. The predicted molar refractivity (Wildman–Crippen MR) is 63.9 cm³/mol. The third-order valence-electron chi connectivity index (χ3n) is 2.62. The number of likely N-dealkylation sites (tertiary alicyclic amines) is 1. The van der Waals surface area contributed by atoms with Crippen LogP contribution >= 0.6 is 27.5 Å². The molecule has 15 heavy (non-hydrogen) atoms. The highest BCUT2D eigenvalue weighted by molar-refractivity contribution is 9.10. The number of hydrogen-bond acceptors (Lipinski definition) is 1. The van der Waals surface area contributed by atoms with Gasteiger partial charge >= 0.3 is 0 Å². The highest BCUT2D eigenvalue weighted by Crippen LogP contribution is 2.24. The highest BCUT2D eigenvalue weighted by Gasteiger charge is 2.22. The van der Waals surface area contributed by atoms with Crippen molar-refractivity contribution in [2.75, 3.05) is 13.1 Å². The number of rotatable bonds is 2. The van der Waals surface area contributed by atoms with Gasteiger partial charge in [-0.15, -0.1) is 0 Å². The SMILES string of the molecule is F[C@H]1CCN(Cc2cc(Br)ccc2Cl)C1. The number of hydrogen-bond donors (Lipinski definition) is 0. The highest BCUT2D eigenvalue weighted by atomic mass is 79.9. The monoisotopic (exact) mass is 291 g/mol. The summed E-state index contributed by atoms with van der Waals surface area (Å²) in [6.45, 7) is 2.09. The molecular weight excluding hydrogens is 280 g/mol. The maximum atomic E-state index is 13.0. The van der Waals surface area contributed by atoms with E-state index in [-0.39, 0.29) is 0 Å². The Hall–Kier alpha value is -0.120. The Bertz CT molecular complexity index is 358. The van der Waals surface area contributed by atoms with E-state index in [1.807, 2.05) is 18.2 Å². The molecule has 0 unspecified atom stereocenters. The van der Waals surface area contributed by atoms with E-state index in [0.717, 1.165) is 28.1 Å². The molecule has 0 aromatic heterocycles. The molecule has 1 saturated heterocycles. The second-order valence-electron chi connectivity index (χ2n) is 3.86. The van der Waals surface area contributed by atoms with Gasteiger partial charge in [0.2, 0.25) is 0 Å². The first-order valence-corrected chi connectivity index (χ1v) is 6.12. The predicted octanol–water partition coefficient (Wildman–Crippen LogP) is 3.65. The van der Waals surface area contributed by atoms with Crippen molar-refractivity contribution in [3.05, 3.63) is 33.3 Å². The van der Waals surface area contributed by atoms with E-state index in [0.29, 0.717) is 13.0 Å². The van der Waals surface area contributed by atoms with Gasteiger partial charge in [0.25, 0.3) is 0 Å². The van der Waals surface area contributed by atoms with Gasteiger partial charge in [-0.1, -0.05) is 27.5 Å². The first kappa shape index (κ1) is 11.4. The molecule has 1 atom stereocenters. The molecule has 1 aliphatic rings. The summed E-state index contributed by atoms with van der Waals surface area (Å²) in [7, 11) is 0. The van der Waals surface area contributed by atoms with Crippen LogP contribution < -0.4 is 0 Å². The Morgan fingerprint density at radius 3 is 3.00 bits per heavy atom. The molecule has 1 nitrogen and oxygen atoms in total. The van der Waals surface area contributed by atoms with Crippen molar-refractivity contribution in [3.63, 3.8) is 0 Å². The topological polar surface area (TPSA) is 3.24 Å². The molecule has 0 bridgehead atoms. The Balaban J connectivity index is 2.07. The Labute approximate surface area is 102 Å². The fourth-order valence-electron chi connectivity index (χ4n) is 1.83. The molecule has 0 aliphatic carbocycles. The van der Waals surface area contributed by atoms with Gasteiger partial charge < -0.3 is 0 Å². The molecule has 0 saturated carbocycles. The average molecular weight is 293 g/mol. The lowest BCUT2D eigenvalue weighted by atomic mass is 10.2. The molecule has 1 aliphatic heterocycles. The molecule has 4 heteroatoms. The normalized spacial score (nSPS) is 22.2. The maximum absolute atomic E-state index is 13.0. The van der Waals surface area contributed by atoms with E-state index in [2.05, 4.69) is 20.8 Å². The van der Waals surface area contributed by atoms with Gasteiger partial charge in [-0.2, -0.15) is 0 Å². The summed E-state index contributed by atoms with van der Waals surface area (Å²) in [6.07, 6.45) is -0.0260. The van der Waals surface area contributed by atoms with Crippen molar-refractivity contribution >= 4 is 27.5 Å². The number of nitrogens with zero attached hydrogens (tertiary/aromatic N) is 1. The second-order valence-corrected chi connectivity index (χ2v) is 5.18. The number of halogens is 3. The number of alkyl halides is 1. The van der Waals surface area contributed by atoms with Gasteiger partial charge in [-0.3, -0.25) is 4.90 Å². The second kappa shape index (κ2) is 4.81. The van der Waals surface area contributed by atoms with Crippen molar-refractivity contribution in [3.8, 4) is 0 Å². The van der Waals surface area contributed by atoms with Crippen LogP contribution in [0.3, 0.4) is 0 Å². The van der Waals surface area contributed by atoms with Crippen LogP contribution in [0.25, 0.3) is 0 Å². The lowest BCUT2D eigenvalue weighted by Gasteiger charge is -2.15. The summed E-state index contributed by atoms with van der Waals surface area (Å²) in [5, 5.41) is 0.750. The van der Waals surface area contributed by atoms with Crippen LogP contribution in [0.2, 0.25) is 5.02 Å². The Morgan fingerprint density at radius 2 is 2.33 bits per heavy atom. The summed E-state index contributed by atoms with van der Waals surface area (Å²) >= 11 is 9.48. The van der Waals surface area contributed by atoms with Gasteiger partial charge in [0.15, 0.2) is 0 Å². The quantitative estimate of drug-likeness (QED) is 0.804. The van der Waals surface area contributed by atoms with E-state index in [9.17, 15) is 4.39 Å². The van der Waals surface area contributed by atoms with E-state index in [1.165, 1.54) is 0 Å². The minimum absolute atomic E-state index is 0.531. The average Bonchev–Trinajstić information content (AvgIpc) is 2.58. The maximum Gasteiger partial charge on any atom is 0.114 e. The third-order valence-corrected chi connectivity index (χ3v) is 3.48. The summed E-state index contributed by atoms with van der Waals surface area (Å²) in [4.78, 5) is 2.10. The van der Waals surface area contributed by atoms with Crippen LogP contribution in [-0.4, -0.2) is 24.2 Å². The largest absolute Gasteiger partial charge is 0.296 e. The lowest BCUT2D eigenvalue weighted by molar-refractivity contribution is 0.282. The van der Waals surface area contributed by atoms with Crippen LogP contribution in [0, 0.1) is 0 Å². The van der Waals surface area contributed by atoms with E-state index >= 15 is 0 Å². The summed E-state index contributed by atoms with van der Waals surface area (Å²) in [6, 6.07) is 5.77. The van der Waals surface area contributed by atoms with Crippen LogP contribution in [0.4, 0.5) is 4.39 Å². The van der Waals surface area contributed by atoms with E-state index < -0.39 is 6.17 Å². The molecule has 0 spiro atoms. The molecule has 1 heterocycles. The number of benzene rings is 1. The van der Waals surface area contributed by atoms with Crippen molar-refractivity contribution in [1.29, 1.82) is 0 Å². The first-order chi connectivity index (χ1) is 7.15. The lowest BCUT2D eigenvalue weighted by Crippen LogP contribution is -2.20. The van der Waals surface area contributed by atoms with Gasteiger partial charge in [0.1, 0.15) is 6.17 Å². The van der Waals surface area contributed by atoms with Crippen LogP contribution in [0.1, 0.15) is 12.0 Å². The first-order valence-electron chi connectivity index (χ1n) is 4.95. The zero-order chi connectivity index (χ0) is 10.8. The van der Waals surface area contributed by atoms with Gasteiger partial charge in [-0.25, -0.2) is 4.39 Å². The standard InChI is InChI=1S/C11H12BrClFN/c12-9-1-2-11(13)8(5-9)6-15-4-3-10(14)7-15/h1-2,5,10H,3-4,6-7H2/t10-/m0/s1.